The SMILES string of the molecule is CC(C)Cc1cc(-c2ccc(F)cc2)c(C#C[C@@H](O)C[C@@H](O)CC(=O)[O-])c(C2CC2)n1.[Na+]. The molecule has 1 fully saturated rings. The second-order valence-corrected chi connectivity index (χ2v) is 8.55. The van der Waals surface area contributed by atoms with Crippen LogP contribution in [0.25, 0.3) is 11.1 Å². The van der Waals surface area contributed by atoms with Crippen LogP contribution in [-0.2, 0) is 11.2 Å². The molecule has 3 rings (SSSR count). The van der Waals surface area contributed by atoms with Crippen LogP contribution >= 0.6 is 0 Å². The van der Waals surface area contributed by atoms with E-state index >= 15 is 0 Å². The first-order valence-electron chi connectivity index (χ1n) is 10.6. The van der Waals surface area contributed by atoms with Gasteiger partial charge in [-0.25, -0.2) is 4.39 Å². The van der Waals surface area contributed by atoms with E-state index in [9.17, 15) is 24.5 Å². The first-order chi connectivity index (χ1) is 14.7. The van der Waals surface area contributed by atoms with Crippen LogP contribution in [0.1, 0.15) is 62.4 Å². The molecule has 0 aliphatic heterocycles. The van der Waals surface area contributed by atoms with E-state index in [0.717, 1.165) is 41.8 Å². The van der Waals surface area contributed by atoms with Gasteiger partial charge in [0.15, 0.2) is 0 Å². The van der Waals surface area contributed by atoms with Gasteiger partial charge in [0.05, 0.1) is 17.4 Å². The van der Waals surface area contributed by atoms with Crippen molar-refractivity contribution in [2.45, 2.75) is 64.1 Å². The summed E-state index contributed by atoms with van der Waals surface area (Å²) < 4.78 is 13.5. The number of carbonyl (C=O) groups excluding carboxylic acids is 1. The van der Waals surface area contributed by atoms with Crippen LogP contribution in [0.3, 0.4) is 0 Å². The predicted molar refractivity (Wildman–Crippen MR) is 113 cm³/mol. The average molecular weight is 447 g/mol. The number of aromatic nitrogens is 1. The van der Waals surface area contributed by atoms with Crippen LogP contribution in [-0.4, -0.2) is 33.4 Å². The Balaban J connectivity index is 0.00000363. The molecule has 1 aliphatic carbocycles. The van der Waals surface area contributed by atoms with Crippen molar-refractivity contribution in [1.82, 2.24) is 4.98 Å². The number of benzene rings is 1. The summed E-state index contributed by atoms with van der Waals surface area (Å²) in [6.45, 7) is 4.25. The molecular formula is C25H27FNNaO4. The minimum absolute atomic E-state index is 0. The van der Waals surface area contributed by atoms with E-state index < -0.39 is 24.6 Å². The number of carbonyl (C=O) groups is 1. The van der Waals surface area contributed by atoms with Gasteiger partial charge in [0.2, 0.25) is 0 Å². The molecular weight excluding hydrogens is 420 g/mol. The summed E-state index contributed by atoms with van der Waals surface area (Å²) in [5, 5.41) is 30.5. The number of nitrogens with zero attached hydrogens (tertiary/aromatic N) is 1. The van der Waals surface area contributed by atoms with Gasteiger partial charge in [-0.1, -0.05) is 37.8 Å². The summed E-state index contributed by atoms with van der Waals surface area (Å²) >= 11 is 0. The summed E-state index contributed by atoms with van der Waals surface area (Å²) in [6.07, 6.45) is -0.341. The Morgan fingerprint density at radius 3 is 2.47 bits per heavy atom. The number of rotatable bonds is 8. The van der Waals surface area contributed by atoms with Crippen molar-refractivity contribution >= 4 is 5.97 Å². The number of hydrogen-bond acceptors (Lipinski definition) is 5. The Hall–Kier alpha value is -1.75. The first kappa shape index (κ1) is 26.5. The van der Waals surface area contributed by atoms with Crippen molar-refractivity contribution in [1.29, 1.82) is 0 Å². The second-order valence-electron chi connectivity index (χ2n) is 8.55. The molecule has 7 heteroatoms. The maximum Gasteiger partial charge on any atom is 1.00 e. The molecule has 2 atom stereocenters. The van der Waals surface area contributed by atoms with Gasteiger partial charge in [-0.3, -0.25) is 4.98 Å². The third-order valence-corrected chi connectivity index (χ3v) is 5.10. The molecule has 0 unspecified atom stereocenters. The van der Waals surface area contributed by atoms with Crippen LogP contribution in [0.4, 0.5) is 4.39 Å². The van der Waals surface area contributed by atoms with Gasteiger partial charge in [0, 0.05) is 36.0 Å². The zero-order valence-corrected chi connectivity index (χ0v) is 20.8. The molecule has 2 aromatic rings. The molecule has 32 heavy (non-hydrogen) atoms. The van der Waals surface area contributed by atoms with E-state index in [2.05, 4.69) is 25.7 Å². The molecule has 0 bridgehead atoms. The smallest absolute Gasteiger partial charge is 0.550 e. The van der Waals surface area contributed by atoms with Crippen molar-refractivity contribution in [3.05, 3.63) is 53.1 Å². The molecule has 1 saturated carbocycles. The minimum Gasteiger partial charge on any atom is -0.550 e. The normalized spacial score (nSPS) is 14.8. The van der Waals surface area contributed by atoms with Crippen molar-refractivity contribution in [2.24, 2.45) is 5.92 Å². The largest absolute Gasteiger partial charge is 1.00 e. The Bertz CT molecular complexity index is 993. The number of carboxylic acids is 1. The van der Waals surface area contributed by atoms with Crippen molar-refractivity contribution < 1.29 is 54.1 Å². The molecule has 0 radical (unpaired) electrons. The topological polar surface area (TPSA) is 93.5 Å². The van der Waals surface area contributed by atoms with Crippen LogP contribution < -0.4 is 34.7 Å². The van der Waals surface area contributed by atoms with Gasteiger partial charge < -0.3 is 20.1 Å². The molecule has 0 spiro atoms. The van der Waals surface area contributed by atoms with Crippen LogP contribution in [0.5, 0.6) is 0 Å². The van der Waals surface area contributed by atoms with E-state index in [1.54, 1.807) is 12.1 Å². The molecule has 0 saturated heterocycles. The maximum absolute atomic E-state index is 13.5. The van der Waals surface area contributed by atoms with Crippen molar-refractivity contribution in [3.8, 4) is 23.0 Å². The van der Waals surface area contributed by atoms with Crippen LogP contribution in [0.2, 0.25) is 0 Å². The molecule has 0 amide bonds. The van der Waals surface area contributed by atoms with Crippen molar-refractivity contribution in [2.75, 3.05) is 0 Å². The average Bonchev–Trinajstić information content (AvgIpc) is 3.51. The number of aliphatic hydroxyl groups excluding tert-OH is 2. The molecule has 1 aromatic heterocycles. The molecule has 164 valence electrons. The zero-order chi connectivity index (χ0) is 22.5. The quantitative estimate of drug-likeness (QED) is 0.423. The Kier molecular flexibility index (Phi) is 9.87. The van der Waals surface area contributed by atoms with Crippen molar-refractivity contribution in [3.63, 3.8) is 0 Å². The zero-order valence-electron chi connectivity index (χ0n) is 18.8. The van der Waals surface area contributed by atoms with Gasteiger partial charge in [0.25, 0.3) is 0 Å². The molecule has 5 nitrogen and oxygen atoms in total. The van der Waals surface area contributed by atoms with Gasteiger partial charge in [0.1, 0.15) is 11.9 Å². The number of halogens is 1. The summed E-state index contributed by atoms with van der Waals surface area (Å²) in [5.41, 5.74) is 4.17. The van der Waals surface area contributed by atoms with Gasteiger partial charge >= 0.3 is 29.6 Å². The second kappa shape index (κ2) is 11.9. The van der Waals surface area contributed by atoms with E-state index in [1.807, 2.05) is 6.07 Å². The van der Waals surface area contributed by atoms with Crippen LogP contribution in [0.15, 0.2) is 30.3 Å². The van der Waals surface area contributed by atoms with E-state index in [4.69, 9.17) is 4.98 Å². The predicted octanol–water partition coefficient (Wildman–Crippen LogP) is -0.429. The standard InChI is InChI=1S/C25H28FNO4.Na/c1-15(2)11-19-12-23(16-5-7-18(26)8-6-16)22(25(27-19)17-3-4-17)10-9-20(28)13-21(29)14-24(30)31;/h5-8,12,15,17,20-21,28-29H,3-4,11,13-14H2,1-2H3,(H,30,31);/q;+1/p-1/t20-,21-;/m1./s1. The molecule has 2 N–H and O–H groups in total. The molecule has 1 heterocycles. The number of pyridine rings is 1. The third kappa shape index (κ3) is 7.68. The van der Waals surface area contributed by atoms with E-state index in [1.165, 1.54) is 12.1 Å². The fourth-order valence-corrected chi connectivity index (χ4v) is 3.53. The molecule has 1 aromatic carbocycles. The Morgan fingerprint density at radius 2 is 1.91 bits per heavy atom. The Morgan fingerprint density at radius 1 is 1.25 bits per heavy atom. The van der Waals surface area contributed by atoms with Crippen LogP contribution in [0, 0.1) is 23.6 Å². The third-order valence-electron chi connectivity index (χ3n) is 5.10. The number of hydrogen-bond donors (Lipinski definition) is 2. The summed E-state index contributed by atoms with van der Waals surface area (Å²) in [7, 11) is 0. The number of carboxylic acid groups (broad SMARTS) is 1. The molecule has 1 aliphatic rings. The number of aliphatic hydroxyl groups is 2. The van der Waals surface area contributed by atoms with Gasteiger partial charge in [-0.05, 0) is 48.9 Å². The first-order valence-corrected chi connectivity index (χ1v) is 10.6. The Labute approximate surface area is 210 Å². The maximum atomic E-state index is 13.5. The van der Waals surface area contributed by atoms with E-state index in [-0.39, 0.29) is 41.8 Å². The summed E-state index contributed by atoms with van der Waals surface area (Å²) in [4.78, 5) is 15.5. The van der Waals surface area contributed by atoms with Gasteiger partial charge in [-0.15, -0.1) is 0 Å². The minimum atomic E-state index is -1.38. The summed E-state index contributed by atoms with van der Waals surface area (Å²) in [6, 6.07) is 8.17. The monoisotopic (exact) mass is 447 g/mol. The van der Waals surface area contributed by atoms with E-state index in [0.29, 0.717) is 17.4 Å². The number of aliphatic carboxylic acids is 1. The van der Waals surface area contributed by atoms with Gasteiger partial charge in [-0.2, -0.15) is 0 Å². The fraction of sp³-hybridized carbons (Fsp3) is 0.440. The summed E-state index contributed by atoms with van der Waals surface area (Å²) in [5.74, 6) is 4.77. The fourth-order valence-electron chi connectivity index (χ4n) is 3.53.